The third kappa shape index (κ3) is 5.29. The molecular weight excluding hydrogens is 423 g/mol. The van der Waals surface area contributed by atoms with Gasteiger partial charge in [-0.2, -0.15) is 0 Å². The summed E-state index contributed by atoms with van der Waals surface area (Å²) in [5.74, 6) is -0.992. The lowest BCUT2D eigenvalue weighted by atomic mass is 10.0. The van der Waals surface area contributed by atoms with Crippen LogP contribution in [0.15, 0.2) is 54.5 Å². The molecule has 2 amide bonds. The van der Waals surface area contributed by atoms with Gasteiger partial charge in [-0.15, -0.1) is 0 Å². The number of morpholine rings is 1. The number of hydrogen-bond acceptors (Lipinski definition) is 6. The van der Waals surface area contributed by atoms with Gasteiger partial charge in [0.15, 0.2) is 0 Å². The summed E-state index contributed by atoms with van der Waals surface area (Å²) in [5, 5.41) is 0. The zero-order chi connectivity index (χ0) is 23.2. The second-order valence-corrected chi connectivity index (χ2v) is 8.13. The lowest BCUT2D eigenvalue weighted by Gasteiger charge is -2.28. The van der Waals surface area contributed by atoms with Gasteiger partial charge in [-0.25, -0.2) is 4.39 Å². The Morgan fingerprint density at radius 3 is 2.36 bits per heavy atom. The minimum absolute atomic E-state index is 0.288. The van der Waals surface area contributed by atoms with Gasteiger partial charge >= 0.3 is 0 Å². The van der Waals surface area contributed by atoms with Gasteiger partial charge in [0, 0.05) is 51.7 Å². The predicted molar refractivity (Wildman–Crippen MR) is 122 cm³/mol. The fourth-order valence-corrected chi connectivity index (χ4v) is 4.24. The van der Waals surface area contributed by atoms with E-state index in [1.54, 1.807) is 24.5 Å². The van der Waals surface area contributed by atoms with E-state index in [0.717, 1.165) is 18.7 Å². The van der Waals surface area contributed by atoms with E-state index in [2.05, 4.69) is 9.88 Å². The molecule has 0 spiro atoms. The number of ether oxygens (including phenoxy) is 1. The molecule has 1 aromatic heterocycles. The van der Waals surface area contributed by atoms with Crippen LogP contribution in [-0.4, -0.2) is 84.0 Å². The van der Waals surface area contributed by atoms with Crippen LogP contribution in [-0.2, 0) is 20.7 Å². The molecule has 174 valence electrons. The number of benzene rings is 1. The van der Waals surface area contributed by atoms with Crippen LogP contribution in [0.5, 0.6) is 0 Å². The summed E-state index contributed by atoms with van der Waals surface area (Å²) >= 11 is 0. The van der Waals surface area contributed by atoms with Crippen LogP contribution in [0.2, 0.25) is 0 Å². The Morgan fingerprint density at radius 1 is 1.00 bits per heavy atom. The van der Waals surface area contributed by atoms with Crippen molar-refractivity contribution in [1.82, 2.24) is 19.7 Å². The molecule has 2 aromatic rings. The SMILES string of the molecule is CCN(CCc1ccncc1)C1=C(c2ccc(F)cc2)C(=O)N(CCN2CCOCC2)C1=O. The van der Waals surface area contributed by atoms with E-state index in [4.69, 9.17) is 4.74 Å². The molecule has 8 heteroatoms. The number of rotatable bonds is 9. The highest BCUT2D eigenvalue weighted by Crippen LogP contribution is 2.32. The van der Waals surface area contributed by atoms with Crippen molar-refractivity contribution in [3.8, 4) is 0 Å². The molecule has 0 saturated carbocycles. The molecule has 0 atom stereocenters. The summed E-state index contributed by atoms with van der Waals surface area (Å²) in [5.41, 5.74) is 2.40. The van der Waals surface area contributed by atoms with Gasteiger partial charge in [-0.1, -0.05) is 12.1 Å². The van der Waals surface area contributed by atoms with Crippen molar-refractivity contribution in [2.75, 3.05) is 52.5 Å². The Kier molecular flexibility index (Phi) is 7.47. The Labute approximate surface area is 193 Å². The van der Waals surface area contributed by atoms with E-state index in [9.17, 15) is 14.0 Å². The van der Waals surface area contributed by atoms with E-state index in [1.807, 2.05) is 24.0 Å². The summed E-state index contributed by atoms with van der Waals surface area (Å²) in [7, 11) is 0. The summed E-state index contributed by atoms with van der Waals surface area (Å²) < 4.78 is 19.0. The van der Waals surface area contributed by atoms with Crippen LogP contribution < -0.4 is 0 Å². The number of aromatic nitrogens is 1. The topological polar surface area (TPSA) is 66.0 Å². The van der Waals surface area contributed by atoms with Crippen molar-refractivity contribution < 1.29 is 18.7 Å². The maximum atomic E-state index is 13.6. The first-order valence-electron chi connectivity index (χ1n) is 11.4. The highest BCUT2D eigenvalue weighted by atomic mass is 19.1. The number of likely N-dealkylation sites (N-methyl/N-ethyl adjacent to an activating group) is 1. The number of carbonyl (C=O) groups excluding carboxylic acids is 2. The first-order chi connectivity index (χ1) is 16.1. The van der Waals surface area contributed by atoms with E-state index < -0.39 is 0 Å². The fourth-order valence-electron chi connectivity index (χ4n) is 4.24. The molecule has 3 heterocycles. The second-order valence-electron chi connectivity index (χ2n) is 8.13. The van der Waals surface area contributed by atoms with Gasteiger partial charge in [0.05, 0.1) is 18.8 Å². The number of carbonyl (C=O) groups is 2. The smallest absolute Gasteiger partial charge is 0.277 e. The van der Waals surface area contributed by atoms with E-state index >= 15 is 0 Å². The molecule has 0 unspecified atom stereocenters. The minimum Gasteiger partial charge on any atom is -0.379 e. The zero-order valence-electron chi connectivity index (χ0n) is 18.9. The van der Waals surface area contributed by atoms with Crippen molar-refractivity contribution in [2.45, 2.75) is 13.3 Å². The normalized spacial score (nSPS) is 17.2. The highest BCUT2D eigenvalue weighted by Gasteiger charge is 2.41. The minimum atomic E-state index is -0.383. The molecule has 0 N–H and O–H groups in total. The summed E-state index contributed by atoms with van der Waals surface area (Å²) in [6.07, 6.45) is 4.20. The molecule has 33 heavy (non-hydrogen) atoms. The van der Waals surface area contributed by atoms with Crippen molar-refractivity contribution >= 4 is 17.4 Å². The van der Waals surface area contributed by atoms with Crippen molar-refractivity contribution in [3.63, 3.8) is 0 Å². The van der Waals surface area contributed by atoms with Gasteiger partial charge in [0.2, 0.25) is 0 Å². The quantitative estimate of drug-likeness (QED) is 0.544. The maximum absolute atomic E-state index is 13.6. The molecule has 1 fully saturated rings. The van der Waals surface area contributed by atoms with Gasteiger partial charge in [-0.3, -0.25) is 24.4 Å². The number of imide groups is 1. The van der Waals surface area contributed by atoms with Crippen LogP contribution in [0.1, 0.15) is 18.1 Å². The number of nitrogens with zero attached hydrogens (tertiary/aromatic N) is 4. The maximum Gasteiger partial charge on any atom is 0.277 e. The lowest BCUT2D eigenvalue weighted by molar-refractivity contribution is -0.138. The summed E-state index contributed by atoms with van der Waals surface area (Å²) in [4.78, 5) is 36.5. The average Bonchev–Trinajstić information content (AvgIpc) is 3.09. The first kappa shape index (κ1) is 23.1. The van der Waals surface area contributed by atoms with Crippen molar-refractivity contribution in [2.24, 2.45) is 0 Å². The third-order valence-corrected chi connectivity index (χ3v) is 6.14. The van der Waals surface area contributed by atoms with Gasteiger partial charge < -0.3 is 9.64 Å². The molecule has 1 aromatic carbocycles. The van der Waals surface area contributed by atoms with E-state index in [1.165, 1.54) is 17.0 Å². The van der Waals surface area contributed by atoms with Crippen molar-refractivity contribution in [1.29, 1.82) is 0 Å². The van der Waals surface area contributed by atoms with Gasteiger partial charge in [0.25, 0.3) is 11.8 Å². The van der Waals surface area contributed by atoms with Crippen molar-refractivity contribution in [3.05, 3.63) is 71.4 Å². The van der Waals surface area contributed by atoms with E-state index in [0.29, 0.717) is 62.6 Å². The monoisotopic (exact) mass is 452 g/mol. The molecule has 0 bridgehead atoms. The Balaban J connectivity index is 1.60. The van der Waals surface area contributed by atoms with Crippen LogP contribution >= 0.6 is 0 Å². The van der Waals surface area contributed by atoms with E-state index in [-0.39, 0.29) is 17.6 Å². The largest absolute Gasteiger partial charge is 0.379 e. The van der Waals surface area contributed by atoms with Crippen LogP contribution in [0, 0.1) is 5.82 Å². The number of amides is 2. The zero-order valence-corrected chi connectivity index (χ0v) is 18.9. The van der Waals surface area contributed by atoms with Crippen LogP contribution in [0.4, 0.5) is 4.39 Å². The Morgan fingerprint density at radius 2 is 1.70 bits per heavy atom. The number of pyridine rings is 1. The highest BCUT2D eigenvalue weighted by molar-refractivity contribution is 6.35. The summed E-state index contributed by atoms with van der Waals surface area (Å²) in [6.45, 7) is 6.92. The standard InChI is InChI=1S/C25H29FN4O3/c1-2-29(12-9-19-7-10-27-11-8-19)23-22(20-3-5-21(26)6-4-20)24(31)30(25(23)32)14-13-28-15-17-33-18-16-28/h3-8,10-11H,2,9,12-18H2,1H3. The molecule has 0 radical (unpaired) electrons. The molecule has 0 aliphatic carbocycles. The summed E-state index contributed by atoms with van der Waals surface area (Å²) in [6, 6.07) is 9.66. The first-order valence-corrected chi connectivity index (χ1v) is 11.4. The number of halogens is 1. The predicted octanol–water partition coefficient (Wildman–Crippen LogP) is 2.20. The van der Waals surface area contributed by atoms with Crippen LogP contribution in [0.3, 0.4) is 0 Å². The molecule has 7 nitrogen and oxygen atoms in total. The van der Waals surface area contributed by atoms with Gasteiger partial charge in [0.1, 0.15) is 11.5 Å². The Hall–Kier alpha value is -3.10. The van der Waals surface area contributed by atoms with Gasteiger partial charge in [-0.05, 0) is 48.7 Å². The number of hydrogen-bond donors (Lipinski definition) is 0. The third-order valence-electron chi connectivity index (χ3n) is 6.14. The average molecular weight is 453 g/mol. The lowest BCUT2D eigenvalue weighted by Crippen LogP contribution is -2.44. The Bertz CT molecular complexity index is 1000. The second kappa shape index (κ2) is 10.7. The molecule has 2 aliphatic heterocycles. The molecule has 2 aliphatic rings. The molecular formula is C25H29FN4O3. The van der Waals surface area contributed by atoms with Crippen LogP contribution in [0.25, 0.3) is 5.57 Å². The fraction of sp³-hybridized carbons (Fsp3) is 0.400. The molecule has 1 saturated heterocycles. The molecule has 4 rings (SSSR count).